The lowest BCUT2D eigenvalue weighted by atomic mass is 10.1. The Balaban J connectivity index is 2.91. The molecule has 1 rings (SSSR count). The zero-order chi connectivity index (χ0) is 16.0. The number of hydrogen-bond acceptors (Lipinski definition) is 3. The first-order valence-electron chi connectivity index (χ1n) is 6.52. The fourth-order valence-electron chi connectivity index (χ4n) is 2.08. The van der Waals surface area contributed by atoms with Crippen molar-refractivity contribution in [2.24, 2.45) is 5.73 Å². The summed E-state index contributed by atoms with van der Waals surface area (Å²) in [5.41, 5.74) is 6.87. The fourth-order valence-corrected chi connectivity index (χ4v) is 2.25. The number of rotatable bonds is 7. The van der Waals surface area contributed by atoms with Crippen molar-refractivity contribution in [3.05, 3.63) is 29.3 Å². The third-order valence-electron chi connectivity index (χ3n) is 2.88. The number of nitrogens with zero attached hydrogens (tertiary/aromatic N) is 1. The van der Waals surface area contributed by atoms with E-state index >= 15 is 0 Å². The Labute approximate surface area is 127 Å². The van der Waals surface area contributed by atoms with Gasteiger partial charge < -0.3 is 10.5 Å². The van der Waals surface area contributed by atoms with E-state index in [1.807, 2.05) is 6.92 Å². The second kappa shape index (κ2) is 7.61. The average Bonchev–Trinajstić information content (AvgIpc) is 2.36. The molecule has 3 nitrogen and oxygen atoms in total. The van der Waals surface area contributed by atoms with Crippen LogP contribution in [0.1, 0.15) is 24.5 Å². The molecule has 0 spiro atoms. The summed E-state index contributed by atoms with van der Waals surface area (Å²) in [6.45, 7) is 1.49. The second-order valence-electron chi connectivity index (χ2n) is 4.72. The molecule has 0 saturated carbocycles. The van der Waals surface area contributed by atoms with Gasteiger partial charge >= 0.3 is 6.18 Å². The first kappa shape index (κ1) is 17.7. The Morgan fingerprint density at radius 3 is 2.52 bits per heavy atom. The number of alkyl halides is 3. The molecule has 0 unspecified atom stereocenters. The van der Waals surface area contributed by atoms with Gasteiger partial charge in [-0.3, -0.25) is 4.90 Å². The molecular formula is C14H19F3N2OS. The van der Waals surface area contributed by atoms with Gasteiger partial charge in [-0.25, -0.2) is 0 Å². The molecule has 2 N–H and O–H groups in total. The number of halogens is 3. The molecule has 0 fully saturated rings. The molecule has 1 aromatic carbocycles. The van der Waals surface area contributed by atoms with Crippen LogP contribution in [0.15, 0.2) is 18.2 Å². The summed E-state index contributed by atoms with van der Waals surface area (Å²) in [6, 6.07) is 5.07. The predicted molar refractivity (Wildman–Crippen MR) is 80.5 cm³/mol. The van der Waals surface area contributed by atoms with Crippen LogP contribution >= 0.6 is 12.2 Å². The number of thiocarbonyl (C=S) groups is 1. The van der Waals surface area contributed by atoms with E-state index in [1.165, 1.54) is 12.0 Å². The SMILES string of the molecule is CCCN(Cc1ccc(C(N)=S)c(OC)c1)CC(F)(F)F. The molecule has 1 aromatic rings. The minimum atomic E-state index is -4.21. The normalized spacial score (nSPS) is 11.7. The number of benzene rings is 1. The molecule has 0 aliphatic carbocycles. The van der Waals surface area contributed by atoms with E-state index in [0.717, 1.165) is 5.56 Å². The largest absolute Gasteiger partial charge is 0.496 e. The van der Waals surface area contributed by atoms with Crippen LogP contribution in [0.2, 0.25) is 0 Å². The zero-order valence-electron chi connectivity index (χ0n) is 12.0. The summed E-state index contributed by atoms with van der Waals surface area (Å²) >= 11 is 4.90. The Hall–Kier alpha value is -1.34. The quantitative estimate of drug-likeness (QED) is 0.784. The van der Waals surface area contributed by atoms with Gasteiger partial charge in [0.1, 0.15) is 10.7 Å². The molecule has 118 valence electrons. The molecule has 21 heavy (non-hydrogen) atoms. The summed E-state index contributed by atoms with van der Waals surface area (Å²) < 4.78 is 42.8. The zero-order valence-corrected chi connectivity index (χ0v) is 12.9. The monoisotopic (exact) mass is 320 g/mol. The lowest BCUT2D eigenvalue weighted by molar-refractivity contribution is -0.147. The molecule has 0 heterocycles. The molecule has 7 heteroatoms. The molecule has 0 radical (unpaired) electrons. The van der Waals surface area contributed by atoms with Gasteiger partial charge in [-0.15, -0.1) is 0 Å². The summed E-state index contributed by atoms with van der Waals surface area (Å²) in [7, 11) is 1.47. The highest BCUT2D eigenvalue weighted by Crippen LogP contribution is 2.23. The van der Waals surface area contributed by atoms with Gasteiger partial charge in [-0.05, 0) is 30.7 Å². The summed E-state index contributed by atoms with van der Waals surface area (Å²) in [5.74, 6) is 0.475. The first-order chi connectivity index (χ1) is 9.76. The van der Waals surface area contributed by atoms with E-state index in [2.05, 4.69) is 0 Å². The Kier molecular flexibility index (Phi) is 6.42. The van der Waals surface area contributed by atoms with Gasteiger partial charge in [0.05, 0.1) is 19.2 Å². The van der Waals surface area contributed by atoms with Crippen molar-refractivity contribution in [2.75, 3.05) is 20.2 Å². The van der Waals surface area contributed by atoms with Crippen molar-refractivity contribution in [3.63, 3.8) is 0 Å². The predicted octanol–water partition coefficient (Wildman–Crippen LogP) is 3.10. The maximum absolute atomic E-state index is 12.5. The minimum absolute atomic E-state index is 0.194. The van der Waals surface area contributed by atoms with Gasteiger partial charge in [0, 0.05) is 6.54 Å². The Morgan fingerprint density at radius 1 is 1.38 bits per heavy atom. The Bertz CT molecular complexity index is 492. The number of methoxy groups -OCH3 is 1. The fraction of sp³-hybridized carbons (Fsp3) is 0.500. The van der Waals surface area contributed by atoms with Crippen molar-refractivity contribution >= 4 is 17.2 Å². The van der Waals surface area contributed by atoms with E-state index < -0.39 is 12.7 Å². The van der Waals surface area contributed by atoms with Crippen LogP contribution in [-0.2, 0) is 6.54 Å². The second-order valence-corrected chi connectivity index (χ2v) is 5.16. The van der Waals surface area contributed by atoms with E-state index in [9.17, 15) is 13.2 Å². The van der Waals surface area contributed by atoms with Crippen molar-refractivity contribution in [1.82, 2.24) is 4.90 Å². The summed E-state index contributed by atoms with van der Waals surface area (Å²) in [5, 5.41) is 0. The van der Waals surface area contributed by atoms with Crippen molar-refractivity contribution in [1.29, 1.82) is 0 Å². The van der Waals surface area contributed by atoms with Crippen molar-refractivity contribution < 1.29 is 17.9 Å². The Morgan fingerprint density at radius 2 is 2.05 bits per heavy atom. The lowest BCUT2D eigenvalue weighted by Crippen LogP contribution is -2.34. The maximum atomic E-state index is 12.5. The first-order valence-corrected chi connectivity index (χ1v) is 6.93. The molecule has 0 aromatic heterocycles. The molecule has 0 atom stereocenters. The minimum Gasteiger partial charge on any atom is -0.496 e. The van der Waals surface area contributed by atoms with Gasteiger partial charge in [0.15, 0.2) is 0 Å². The van der Waals surface area contributed by atoms with E-state index in [-0.39, 0.29) is 11.5 Å². The molecular weight excluding hydrogens is 301 g/mol. The summed E-state index contributed by atoms with van der Waals surface area (Å²) in [6.07, 6.45) is -3.56. The highest BCUT2D eigenvalue weighted by atomic mass is 32.1. The lowest BCUT2D eigenvalue weighted by Gasteiger charge is -2.23. The molecule has 0 aliphatic heterocycles. The highest BCUT2D eigenvalue weighted by molar-refractivity contribution is 7.80. The van der Waals surface area contributed by atoms with Crippen LogP contribution in [0.4, 0.5) is 13.2 Å². The van der Waals surface area contributed by atoms with Gasteiger partial charge in [-0.2, -0.15) is 13.2 Å². The average molecular weight is 320 g/mol. The van der Waals surface area contributed by atoms with E-state index in [1.54, 1.807) is 18.2 Å². The highest BCUT2D eigenvalue weighted by Gasteiger charge is 2.30. The van der Waals surface area contributed by atoms with Gasteiger partial charge in [0.25, 0.3) is 0 Å². The molecule has 0 bridgehead atoms. The number of ether oxygens (including phenoxy) is 1. The standard InChI is InChI=1S/C14H19F3N2OS/c1-3-6-19(9-14(15,16)17)8-10-4-5-11(13(18)21)12(7-10)20-2/h4-5,7H,3,6,8-9H2,1-2H3,(H2,18,21). The van der Waals surface area contributed by atoms with Crippen LogP contribution in [0.25, 0.3) is 0 Å². The van der Waals surface area contributed by atoms with E-state index in [0.29, 0.717) is 24.3 Å². The molecule has 0 saturated heterocycles. The molecule has 0 amide bonds. The van der Waals surface area contributed by atoms with Gasteiger partial charge in [-0.1, -0.05) is 25.2 Å². The van der Waals surface area contributed by atoms with Crippen LogP contribution in [0, 0.1) is 0 Å². The number of nitrogens with two attached hydrogens (primary N) is 1. The van der Waals surface area contributed by atoms with E-state index in [4.69, 9.17) is 22.7 Å². The van der Waals surface area contributed by atoms with Crippen LogP contribution in [0.3, 0.4) is 0 Å². The van der Waals surface area contributed by atoms with Crippen molar-refractivity contribution in [2.45, 2.75) is 26.1 Å². The van der Waals surface area contributed by atoms with Crippen LogP contribution < -0.4 is 10.5 Å². The summed E-state index contributed by atoms with van der Waals surface area (Å²) in [4.78, 5) is 1.55. The van der Waals surface area contributed by atoms with Crippen LogP contribution in [-0.4, -0.2) is 36.3 Å². The van der Waals surface area contributed by atoms with Gasteiger partial charge in [0.2, 0.25) is 0 Å². The maximum Gasteiger partial charge on any atom is 0.401 e. The third-order valence-corrected chi connectivity index (χ3v) is 3.10. The number of hydrogen-bond donors (Lipinski definition) is 1. The third kappa shape index (κ3) is 5.89. The smallest absolute Gasteiger partial charge is 0.401 e. The topological polar surface area (TPSA) is 38.5 Å². The molecule has 0 aliphatic rings. The van der Waals surface area contributed by atoms with Crippen LogP contribution in [0.5, 0.6) is 5.75 Å². The van der Waals surface area contributed by atoms with Crippen molar-refractivity contribution in [3.8, 4) is 5.75 Å².